The number of nitrogens with one attached hydrogen (secondary N) is 1. The number of nitro benzene ring substituents is 2. The zero-order valence-electron chi connectivity index (χ0n) is 14.0. The summed E-state index contributed by atoms with van der Waals surface area (Å²) in [4.78, 5) is 25.1. The van der Waals surface area contributed by atoms with E-state index in [2.05, 4.69) is 10.3 Å². The van der Waals surface area contributed by atoms with Crippen molar-refractivity contribution in [2.45, 2.75) is 0 Å². The average Bonchev–Trinajstić information content (AvgIpc) is 2.68. The van der Waals surface area contributed by atoms with E-state index in [0.29, 0.717) is 16.9 Å². The van der Waals surface area contributed by atoms with Gasteiger partial charge in [-0.05, 0) is 35.9 Å². The van der Waals surface area contributed by atoms with Crippen LogP contribution in [-0.4, -0.2) is 16.1 Å². The van der Waals surface area contributed by atoms with Crippen LogP contribution in [0.15, 0.2) is 77.8 Å². The number of non-ortho nitro benzene ring substituents is 2. The molecule has 0 aliphatic heterocycles. The Balaban J connectivity index is 1.92. The molecule has 0 heterocycles. The number of benzene rings is 3. The fraction of sp³-hybridized carbons (Fsp3) is 0. The van der Waals surface area contributed by atoms with E-state index in [1.807, 2.05) is 30.3 Å². The first-order valence-electron chi connectivity index (χ1n) is 7.92. The van der Waals surface area contributed by atoms with Gasteiger partial charge in [-0.1, -0.05) is 18.2 Å². The molecule has 0 bridgehead atoms. The van der Waals surface area contributed by atoms with Crippen LogP contribution >= 0.6 is 0 Å². The third-order valence-corrected chi connectivity index (χ3v) is 3.70. The SMILES string of the molecule is O=[N+]([O-])c1ccc(C=Nc2cc([N+](=O)[O-])ccc2Nc2ccccc2)cc1. The Hall–Kier alpha value is -4.07. The van der Waals surface area contributed by atoms with E-state index in [-0.39, 0.29) is 11.4 Å². The number of para-hydroxylation sites is 1. The van der Waals surface area contributed by atoms with Crippen LogP contribution in [0.2, 0.25) is 0 Å². The summed E-state index contributed by atoms with van der Waals surface area (Å²) in [6, 6.07) is 19.6. The summed E-state index contributed by atoms with van der Waals surface area (Å²) in [6.45, 7) is 0. The predicted molar refractivity (Wildman–Crippen MR) is 103 cm³/mol. The maximum Gasteiger partial charge on any atom is 0.271 e. The standard InChI is InChI=1S/C19H14N4O4/c24-22(25)16-8-6-14(7-9-16)13-20-19-12-17(23(26)27)10-11-18(19)21-15-4-2-1-3-5-15/h1-13,21H. The van der Waals surface area contributed by atoms with Crippen LogP contribution in [0.4, 0.5) is 28.4 Å². The molecule has 0 amide bonds. The molecular formula is C19H14N4O4. The molecule has 3 aromatic rings. The van der Waals surface area contributed by atoms with Crippen LogP contribution in [0.1, 0.15) is 5.56 Å². The van der Waals surface area contributed by atoms with Gasteiger partial charge in [0.1, 0.15) is 0 Å². The van der Waals surface area contributed by atoms with E-state index in [1.54, 1.807) is 18.2 Å². The Labute approximate surface area is 154 Å². The van der Waals surface area contributed by atoms with Gasteiger partial charge in [0.25, 0.3) is 11.4 Å². The molecule has 0 aliphatic carbocycles. The summed E-state index contributed by atoms with van der Waals surface area (Å²) in [5.41, 5.74) is 2.34. The van der Waals surface area contributed by atoms with Gasteiger partial charge < -0.3 is 5.32 Å². The zero-order valence-corrected chi connectivity index (χ0v) is 14.0. The lowest BCUT2D eigenvalue weighted by Gasteiger charge is -2.09. The van der Waals surface area contributed by atoms with Crippen molar-refractivity contribution in [3.8, 4) is 0 Å². The van der Waals surface area contributed by atoms with Crippen molar-refractivity contribution in [3.63, 3.8) is 0 Å². The second-order valence-corrected chi connectivity index (χ2v) is 5.56. The van der Waals surface area contributed by atoms with Gasteiger partial charge >= 0.3 is 0 Å². The number of hydrogen-bond acceptors (Lipinski definition) is 6. The Morgan fingerprint density at radius 1 is 0.815 bits per heavy atom. The number of nitrogens with zero attached hydrogens (tertiary/aromatic N) is 3. The van der Waals surface area contributed by atoms with Gasteiger partial charge in [-0.3, -0.25) is 25.2 Å². The topological polar surface area (TPSA) is 111 Å². The van der Waals surface area contributed by atoms with Gasteiger partial charge in [0.2, 0.25) is 0 Å². The lowest BCUT2D eigenvalue weighted by Crippen LogP contribution is -1.93. The number of rotatable bonds is 6. The Morgan fingerprint density at radius 3 is 2.07 bits per heavy atom. The molecule has 0 saturated carbocycles. The third kappa shape index (κ3) is 4.51. The van der Waals surface area contributed by atoms with E-state index >= 15 is 0 Å². The Bertz CT molecular complexity index is 1000. The quantitative estimate of drug-likeness (QED) is 0.377. The second-order valence-electron chi connectivity index (χ2n) is 5.56. The first kappa shape index (κ1) is 17.7. The van der Waals surface area contributed by atoms with Crippen molar-refractivity contribution >= 4 is 34.7 Å². The van der Waals surface area contributed by atoms with Crippen molar-refractivity contribution in [2.75, 3.05) is 5.32 Å². The molecule has 27 heavy (non-hydrogen) atoms. The minimum absolute atomic E-state index is 0.0195. The molecule has 1 N–H and O–H groups in total. The van der Waals surface area contributed by atoms with Crippen molar-refractivity contribution in [3.05, 3.63) is 98.6 Å². The van der Waals surface area contributed by atoms with Crippen LogP contribution in [0.25, 0.3) is 0 Å². The molecule has 0 fully saturated rings. The van der Waals surface area contributed by atoms with Gasteiger partial charge in [-0.15, -0.1) is 0 Å². The normalized spacial score (nSPS) is 10.7. The minimum atomic E-state index is -0.489. The fourth-order valence-corrected chi connectivity index (χ4v) is 2.35. The van der Waals surface area contributed by atoms with Crippen LogP contribution in [0.5, 0.6) is 0 Å². The number of hydrogen-bond donors (Lipinski definition) is 1. The summed E-state index contributed by atoms with van der Waals surface area (Å²) >= 11 is 0. The molecule has 0 saturated heterocycles. The maximum atomic E-state index is 11.1. The Kier molecular flexibility index (Phi) is 5.17. The predicted octanol–water partition coefficient (Wildman–Crippen LogP) is 5.00. The highest BCUT2D eigenvalue weighted by atomic mass is 16.6. The van der Waals surface area contributed by atoms with Crippen molar-refractivity contribution in [2.24, 2.45) is 4.99 Å². The highest BCUT2D eigenvalue weighted by molar-refractivity contribution is 5.85. The van der Waals surface area contributed by atoms with Crippen LogP contribution in [-0.2, 0) is 0 Å². The summed E-state index contributed by atoms with van der Waals surface area (Å²) in [5, 5.41) is 25.0. The molecule has 3 rings (SSSR count). The minimum Gasteiger partial charge on any atom is -0.354 e. The fourth-order valence-electron chi connectivity index (χ4n) is 2.35. The molecule has 8 heteroatoms. The van der Waals surface area contributed by atoms with Gasteiger partial charge in [0.15, 0.2) is 0 Å². The number of anilines is 2. The monoisotopic (exact) mass is 362 g/mol. The largest absolute Gasteiger partial charge is 0.354 e. The van der Waals surface area contributed by atoms with Gasteiger partial charge in [-0.2, -0.15) is 0 Å². The molecule has 8 nitrogen and oxygen atoms in total. The molecule has 0 aliphatic rings. The average molecular weight is 362 g/mol. The summed E-state index contributed by atoms with van der Waals surface area (Å²) in [7, 11) is 0. The van der Waals surface area contributed by atoms with Crippen LogP contribution in [0.3, 0.4) is 0 Å². The molecule has 0 radical (unpaired) electrons. The van der Waals surface area contributed by atoms with Crippen LogP contribution in [0, 0.1) is 20.2 Å². The second kappa shape index (κ2) is 7.87. The number of aliphatic imine (C=N–C) groups is 1. The zero-order chi connectivity index (χ0) is 19.2. The molecule has 0 aromatic heterocycles. The Morgan fingerprint density at radius 2 is 1.44 bits per heavy atom. The van der Waals surface area contributed by atoms with Crippen molar-refractivity contribution in [1.82, 2.24) is 0 Å². The van der Waals surface area contributed by atoms with Crippen molar-refractivity contribution < 1.29 is 9.85 Å². The van der Waals surface area contributed by atoms with E-state index < -0.39 is 9.85 Å². The molecule has 0 unspecified atom stereocenters. The first-order valence-corrected chi connectivity index (χ1v) is 7.92. The highest BCUT2D eigenvalue weighted by Crippen LogP contribution is 2.32. The van der Waals surface area contributed by atoms with Gasteiger partial charge in [0.05, 0.1) is 21.2 Å². The third-order valence-electron chi connectivity index (χ3n) is 3.70. The smallest absolute Gasteiger partial charge is 0.271 e. The van der Waals surface area contributed by atoms with E-state index in [4.69, 9.17) is 0 Å². The lowest BCUT2D eigenvalue weighted by atomic mass is 10.2. The number of nitro groups is 2. The summed E-state index contributed by atoms with van der Waals surface area (Å²) in [5.74, 6) is 0. The van der Waals surface area contributed by atoms with Crippen molar-refractivity contribution in [1.29, 1.82) is 0 Å². The summed E-state index contributed by atoms with van der Waals surface area (Å²) in [6.07, 6.45) is 1.50. The van der Waals surface area contributed by atoms with E-state index in [1.165, 1.54) is 30.5 Å². The lowest BCUT2D eigenvalue weighted by molar-refractivity contribution is -0.385. The molecular weight excluding hydrogens is 348 g/mol. The summed E-state index contributed by atoms with van der Waals surface area (Å²) < 4.78 is 0. The van der Waals surface area contributed by atoms with Gasteiger partial charge in [0, 0.05) is 36.2 Å². The first-order chi connectivity index (χ1) is 13.0. The maximum absolute atomic E-state index is 11.1. The molecule has 0 spiro atoms. The van der Waals surface area contributed by atoms with E-state index in [0.717, 1.165) is 5.69 Å². The van der Waals surface area contributed by atoms with Crippen LogP contribution < -0.4 is 5.32 Å². The molecule has 3 aromatic carbocycles. The van der Waals surface area contributed by atoms with Gasteiger partial charge in [-0.25, -0.2) is 0 Å². The molecule has 0 atom stereocenters. The highest BCUT2D eigenvalue weighted by Gasteiger charge is 2.10. The van der Waals surface area contributed by atoms with E-state index in [9.17, 15) is 20.2 Å². The molecule has 134 valence electrons.